The molecule has 1 heterocycles. The summed E-state index contributed by atoms with van der Waals surface area (Å²) in [5.74, 6) is -0.964. The molecule has 0 bridgehead atoms. The number of hydrogen-bond acceptors (Lipinski definition) is 5. The van der Waals surface area contributed by atoms with Crippen LogP contribution in [0.3, 0.4) is 0 Å². The second kappa shape index (κ2) is 10.00. The molecule has 1 aliphatic heterocycles. The highest BCUT2D eigenvalue weighted by atomic mass is 35.5. The molecular weight excluding hydrogens is 479 g/mol. The minimum Gasteiger partial charge on any atom is -0.462 e. The van der Waals surface area contributed by atoms with Crippen LogP contribution in [0.25, 0.3) is 0 Å². The lowest BCUT2D eigenvalue weighted by Gasteiger charge is -2.13. The number of benzene rings is 3. The van der Waals surface area contributed by atoms with Gasteiger partial charge in [-0.15, -0.1) is 0 Å². The first-order valence-corrected chi connectivity index (χ1v) is 11.9. The van der Waals surface area contributed by atoms with Crippen molar-refractivity contribution in [1.82, 2.24) is 0 Å². The lowest BCUT2D eigenvalue weighted by molar-refractivity contribution is 0.0499. The summed E-state index contributed by atoms with van der Waals surface area (Å²) >= 11 is 13.9. The molecule has 1 aliphatic rings. The number of fused-ring (bicyclic) bond motifs is 2. The van der Waals surface area contributed by atoms with E-state index in [1.807, 2.05) is 19.1 Å². The number of amides is 1. The Morgan fingerprint density at radius 3 is 2.58 bits per heavy atom. The molecular formula is C25H20Cl2N2O3S. The van der Waals surface area contributed by atoms with E-state index in [4.69, 9.17) is 38.7 Å². The third-order valence-corrected chi connectivity index (χ3v) is 6.96. The minimum absolute atomic E-state index is 0.344. The van der Waals surface area contributed by atoms with Crippen LogP contribution in [-0.4, -0.2) is 24.2 Å². The average Bonchev–Trinajstić information content (AvgIpc) is 2.97. The Balaban J connectivity index is 1.89. The van der Waals surface area contributed by atoms with E-state index in [1.54, 1.807) is 42.5 Å². The zero-order chi connectivity index (χ0) is 23.5. The predicted octanol–water partition coefficient (Wildman–Crippen LogP) is 6.68. The monoisotopic (exact) mass is 498 g/mol. The molecule has 4 rings (SSSR count). The Labute approximate surface area is 205 Å². The Morgan fingerprint density at radius 1 is 1.03 bits per heavy atom. The zero-order valence-electron chi connectivity index (χ0n) is 17.7. The van der Waals surface area contributed by atoms with Crippen molar-refractivity contribution in [3.05, 3.63) is 86.9 Å². The van der Waals surface area contributed by atoms with Gasteiger partial charge in [-0.05, 0) is 48.9 Å². The fourth-order valence-electron chi connectivity index (χ4n) is 3.42. The lowest BCUT2D eigenvalue weighted by atomic mass is 9.96. The maximum Gasteiger partial charge on any atom is 0.338 e. The molecule has 0 saturated heterocycles. The molecule has 0 radical (unpaired) electrons. The predicted molar refractivity (Wildman–Crippen MR) is 132 cm³/mol. The number of halogens is 2. The van der Waals surface area contributed by atoms with E-state index in [1.165, 1.54) is 11.8 Å². The number of aliphatic imine (C=N–C) groups is 1. The summed E-state index contributed by atoms with van der Waals surface area (Å²) in [6, 6.07) is 15.8. The molecule has 0 atom stereocenters. The third kappa shape index (κ3) is 4.93. The van der Waals surface area contributed by atoms with Gasteiger partial charge in [0.25, 0.3) is 0 Å². The summed E-state index contributed by atoms with van der Waals surface area (Å²) in [5.41, 5.74) is 8.82. The fraction of sp³-hybridized carbons (Fsp3) is 0.160. The highest BCUT2D eigenvalue weighted by Gasteiger charge is 2.25. The third-order valence-electron chi connectivity index (χ3n) is 5.10. The van der Waals surface area contributed by atoms with Crippen LogP contribution in [0.5, 0.6) is 0 Å². The minimum atomic E-state index is -0.564. The fourth-order valence-corrected chi connectivity index (χ4v) is 4.76. The van der Waals surface area contributed by atoms with E-state index in [2.05, 4.69) is 0 Å². The maximum absolute atomic E-state index is 12.5. The van der Waals surface area contributed by atoms with Crippen LogP contribution in [0.2, 0.25) is 10.0 Å². The highest BCUT2D eigenvalue weighted by Crippen LogP contribution is 2.43. The van der Waals surface area contributed by atoms with Crippen molar-refractivity contribution in [2.45, 2.75) is 29.6 Å². The van der Waals surface area contributed by atoms with Gasteiger partial charge in [0.05, 0.1) is 33.6 Å². The van der Waals surface area contributed by atoms with Crippen molar-refractivity contribution in [1.29, 1.82) is 0 Å². The maximum atomic E-state index is 12.5. The molecule has 1 amide bonds. The molecule has 0 aliphatic carbocycles. The molecule has 0 spiro atoms. The largest absolute Gasteiger partial charge is 0.462 e. The first kappa shape index (κ1) is 23.4. The van der Waals surface area contributed by atoms with Gasteiger partial charge in [0.15, 0.2) is 0 Å². The molecule has 0 fully saturated rings. The van der Waals surface area contributed by atoms with Gasteiger partial charge >= 0.3 is 5.97 Å². The standard InChI is InChI=1S/C25H20Cl2N2O3S/c1-2-3-11-32-25(31)15-8-10-20-19(13-15)29-23(14-7-9-17(26)18(27)12-14)22-16(24(28)30)5-4-6-21(22)33-20/h4-10,12-13H,2-3,11H2,1H3,(H2,28,30). The van der Waals surface area contributed by atoms with Gasteiger partial charge in [-0.2, -0.15) is 0 Å². The second-order valence-electron chi connectivity index (χ2n) is 7.41. The summed E-state index contributed by atoms with van der Waals surface area (Å²) in [6.45, 7) is 2.40. The number of carbonyl (C=O) groups excluding carboxylic acids is 2. The van der Waals surface area contributed by atoms with Crippen molar-refractivity contribution in [3.63, 3.8) is 0 Å². The zero-order valence-corrected chi connectivity index (χ0v) is 20.1. The molecule has 5 nitrogen and oxygen atoms in total. The molecule has 0 saturated carbocycles. The Kier molecular flexibility index (Phi) is 7.08. The first-order valence-electron chi connectivity index (χ1n) is 10.4. The summed E-state index contributed by atoms with van der Waals surface area (Å²) in [7, 11) is 0. The molecule has 3 aromatic rings. The quantitative estimate of drug-likeness (QED) is 0.237. The van der Waals surface area contributed by atoms with Gasteiger partial charge < -0.3 is 10.5 Å². The smallest absolute Gasteiger partial charge is 0.338 e. The van der Waals surface area contributed by atoms with Gasteiger partial charge in [0.2, 0.25) is 5.91 Å². The van der Waals surface area contributed by atoms with E-state index in [9.17, 15) is 9.59 Å². The summed E-state index contributed by atoms with van der Waals surface area (Å²) in [4.78, 5) is 31.3. The molecule has 2 N–H and O–H groups in total. The van der Waals surface area contributed by atoms with Crippen molar-refractivity contribution in [2.75, 3.05) is 6.61 Å². The molecule has 8 heteroatoms. The number of hydrogen-bond donors (Lipinski definition) is 1. The van der Waals surface area contributed by atoms with E-state index in [0.717, 1.165) is 22.6 Å². The van der Waals surface area contributed by atoms with Gasteiger partial charge in [0.1, 0.15) is 0 Å². The van der Waals surface area contributed by atoms with Gasteiger partial charge in [-0.3, -0.25) is 4.79 Å². The van der Waals surface area contributed by atoms with E-state index in [0.29, 0.717) is 50.3 Å². The van der Waals surface area contributed by atoms with Gasteiger partial charge in [0, 0.05) is 26.5 Å². The number of nitrogens with zero attached hydrogens (tertiary/aromatic N) is 1. The van der Waals surface area contributed by atoms with Crippen LogP contribution < -0.4 is 5.73 Å². The van der Waals surface area contributed by atoms with E-state index < -0.39 is 11.9 Å². The van der Waals surface area contributed by atoms with Gasteiger partial charge in [-0.25, -0.2) is 9.79 Å². The molecule has 33 heavy (non-hydrogen) atoms. The molecule has 0 aromatic heterocycles. The Bertz CT molecular complexity index is 1290. The van der Waals surface area contributed by atoms with Gasteiger partial charge in [-0.1, -0.05) is 60.4 Å². The number of rotatable bonds is 6. The number of unbranched alkanes of at least 4 members (excludes halogenated alkanes) is 1. The normalized spacial score (nSPS) is 12.3. The lowest BCUT2D eigenvalue weighted by Crippen LogP contribution is -2.18. The average molecular weight is 499 g/mol. The topological polar surface area (TPSA) is 81.8 Å². The number of ether oxygens (including phenoxy) is 1. The van der Waals surface area contributed by atoms with Crippen LogP contribution in [0.1, 0.15) is 51.6 Å². The SMILES string of the molecule is CCCCOC(=O)c1ccc2c(c1)N=C(c1ccc(Cl)c(Cl)c1)c1c(cccc1C(N)=O)S2. The van der Waals surface area contributed by atoms with Crippen LogP contribution in [0.4, 0.5) is 5.69 Å². The second-order valence-corrected chi connectivity index (χ2v) is 9.30. The van der Waals surface area contributed by atoms with E-state index >= 15 is 0 Å². The summed E-state index contributed by atoms with van der Waals surface area (Å²) in [6.07, 6.45) is 1.74. The first-order chi connectivity index (χ1) is 15.9. The number of primary amides is 1. The van der Waals surface area contributed by atoms with Crippen molar-refractivity contribution >= 4 is 58.2 Å². The number of nitrogens with two attached hydrogens (primary N) is 1. The van der Waals surface area contributed by atoms with Crippen molar-refractivity contribution in [2.24, 2.45) is 10.7 Å². The molecule has 0 unspecified atom stereocenters. The number of esters is 1. The van der Waals surface area contributed by atoms with Crippen molar-refractivity contribution in [3.8, 4) is 0 Å². The van der Waals surface area contributed by atoms with Crippen molar-refractivity contribution < 1.29 is 14.3 Å². The molecule has 168 valence electrons. The van der Waals surface area contributed by atoms with Crippen LogP contribution >= 0.6 is 35.0 Å². The van der Waals surface area contributed by atoms with Crippen LogP contribution in [0.15, 0.2) is 69.4 Å². The number of carbonyl (C=O) groups is 2. The summed E-state index contributed by atoms with van der Waals surface area (Å²) in [5, 5.41) is 0.769. The van der Waals surface area contributed by atoms with E-state index in [-0.39, 0.29) is 0 Å². The Hall–Kier alpha value is -2.80. The molecule has 3 aromatic carbocycles. The Morgan fingerprint density at radius 2 is 1.85 bits per heavy atom. The summed E-state index contributed by atoms with van der Waals surface area (Å²) < 4.78 is 5.36. The van der Waals surface area contributed by atoms with Crippen LogP contribution in [-0.2, 0) is 4.74 Å². The van der Waals surface area contributed by atoms with Crippen LogP contribution in [0, 0.1) is 0 Å². The highest BCUT2D eigenvalue weighted by molar-refractivity contribution is 7.99.